The van der Waals surface area contributed by atoms with Crippen molar-refractivity contribution in [1.82, 2.24) is 5.32 Å². The smallest absolute Gasteiger partial charge is 0.0186 e. The Balaban J connectivity index is 2.03. The summed E-state index contributed by atoms with van der Waals surface area (Å²) in [6.45, 7) is 4.50. The highest BCUT2D eigenvalue weighted by molar-refractivity contribution is 9.10. The van der Waals surface area contributed by atoms with E-state index in [1.54, 1.807) is 0 Å². The zero-order valence-corrected chi connectivity index (χ0v) is 12.2. The maximum absolute atomic E-state index is 3.48. The summed E-state index contributed by atoms with van der Waals surface area (Å²) in [4.78, 5) is 1.34. The van der Waals surface area contributed by atoms with Gasteiger partial charge in [0.15, 0.2) is 0 Å². The van der Waals surface area contributed by atoms with Crippen LogP contribution in [0.4, 0.5) is 0 Å². The van der Waals surface area contributed by atoms with Crippen LogP contribution < -0.4 is 5.32 Å². The monoisotopic (exact) mass is 301 g/mol. The molecule has 3 heteroatoms. The van der Waals surface area contributed by atoms with Crippen LogP contribution in [0.1, 0.15) is 26.2 Å². The molecule has 1 rings (SSSR count). The van der Waals surface area contributed by atoms with Gasteiger partial charge in [0.1, 0.15) is 0 Å². The van der Waals surface area contributed by atoms with Gasteiger partial charge in [-0.15, -0.1) is 11.8 Å². The molecule has 0 unspecified atom stereocenters. The first-order valence-electron chi connectivity index (χ1n) is 5.92. The zero-order chi connectivity index (χ0) is 11.6. The van der Waals surface area contributed by atoms with E-state index in [-0.39, 0.29) is 0 Å². The predicted octanol–water partition coefficient (Wildman–Crippen LogP) is 4.32. The molecule has 0 saturated heterocycles. The second-order valence-corrected chi connectivity index (χ2v) is 5.85. The number of hydrogen-bond donors (Lipinski definition) is 1. The molecule has 0 atom stereocenters. The quantitative estimate of drug-likeness (QED) is 0.567. The van der Waals surface area contributed by atoms with Gasteiger partial charge in [0.2, 0.25) is 0 Å². The molecule has 0 spiro atoms. The highest BCUT2D eigenvalue weighted by Gasteiger charge is 1.94. The Bertz CT molecular complexity index is 291. The van der Waals surface area contributed by atoms with Crippen molar-refractivity contribution in [2.45, 2.75) is 31.1 Å². The van der Waals surface area contributed by atoms with Gasteiger partial charge in [0.25, 0.3) is 0 Å². The van der Waals surface area contributed by atoms with Gasteiger partial charge in [0.05, 0.1) is 0 Å². The van der Waals surface area contributed by atoms with Gasteiger partial charge < -0.3 is 5.32 Å². The van der Waals surface area contributed by atoms with Crippen molar-refractivity contribution in [3.8, 4) is 0 Å². The molecule has 0 bridgehead atoms. The lowest BCUT2D eigenvalue weighted by molar-refractivity contribution is 0.636. The fourth-order valence-electron chi connectivity index (χ4n) is 1.42. The molecular weight excluding hydrogens is 282 g/mol. The molecule has 90 valence electrons. The van der Waals surface area contributed by atoms with Crippen LogP contribution in [0.15, 0.2) is 33.6 Å². The van der Waals surface area contributed by atoms with Crippen molar-refractivity contribution in [2.24, 2.45) is 0 Å². The second-order valence-electron chi connectivity index (χ2n) is 3.76. The number of halogens is 1. The molecule has 0 fully saturated rings. The maximum Gasteiger partial charge on any atom is 0.0186 e. The third-order valence-corrected chi connectivity index (χ3v) is 3.79. The SMILES string of the molecule is CCCCCNCCSc1cccc(Br)c1. The number of nitrogens with one attached hydrogen (secondary N) is 1. The fourth-order valence-corrected chi connectivity index (χ4v) is 2.84. The maximum atomic E-state index is 3.48. The van der Waals surface area contributed by atoms with Crippen LogP contribution in [0.2, 0.25) is 0 Å². The normalized spacial score (nSPS) is 10.6. The minimum Gasteiger partial charge on any atom is -0.316 e. The predicted molar refractivity (Wildman–Crippen MR) is 77.3 cm³/mol. The lowest BCUT2D eigenvalue weighted by atomic mass is 10.2. The highest BCUT2D eigenvalue weighted by atomic mass is 79.9. The first kappa shape index (κ1) is 14.1. The Labute approximate surface area is 112 Å². The topological polar surface area (TPSA) is 12.0 Å². The molecule has 0 heterocycles. The van der Waals surface area contributed by atoms with E-state index in [1.165, 1.54) is 24.2 Å². The van der Waals surface area contributed by atoms with Gasteiger partial charge in [-0.3, -0.25) is 0 Å². The van der Waals surface area contributed by atoms with E-state index in [9.17, 15) is 0 Å². The molecule has 0 aliphatic heterocycles. The van der Waals surface area contributed by atoms with Crippen molar-refractivity contribution in [2.75, 3.05) is 18.8 Å². The molecule has 0 amide bonds. The molecule has 0 saturated carbocycles. The number of hydrogen-bond acceptors (Lipinski definition) is 2. The van der Waals surface area contributed by atoms with Crippen LogP contribution in [0.3, 0.4) is 0 Å². The number of unbranched alkanes of at least 4 members (excludes halogenated alkanes) is 2. The van der Waals surface area contributed by atoms with E-state index in [2.05, 4.69) is 52.4 Å². The fraction of sp³-hybridized carbons (Fsp3) is 0.538. The van der Waals surface area contributed by atoms with Crippen LogP contribution in [0.25, 0.3) is 0 Å². The Hall–Kier alpha value is 0.01000. The van der Waals surface area contributed by atoms with E-state index in [4.69, 9.17) is 0 Å². The molecular formula is C13H20BrNS. The standard InChI is InChI=1S/C13H20BrNS/c1-2-3-4-8-15-9-10-16-13-7-5-6-12(14)11-13/h5-7,11,15H,2-4,8-10H2,1H3. The van der Waals surface area contributed by atoms with E-state index in [0.717, 1.165) is 23.3 Å². The molecule has 0 aliphatic carbocycles. The summed E-state index contributed by atoms with van der Waals surface area (Å²) in [5, 5.41) is 3.47. The van der Waals surface area contributed by atoms with Crippen LogP contribution in [-0.4, -0.2) is 18.8 Å². The summed E-state index contributed by atoms with van der Waals surface area (Å²) in [5.74, 6) is 1.14. The summed E-state index contributed by atoms with van der Waals surface area (Å²) in [5.41, 5.74) is 0. The van der Waals surface area contributed by atoms with Gasteiger partial charge in [-0.25, -0.2) is 0 Å². The molecule has 1 aromatic carbocycles. The van der Waals surface area contributed by atoms with Gasteiger partial charge in [-0.1, -0.05) is 41.8 Å². The average Bonchev–Trinajstić information content (AvgIpc) is 2.28. The summed E-state index contributed by atoms with van der Waals surface area (Å²) in [6, 6.07) is 8.47. The lowest BCUT2D eigenvalue weighted by Crippen LogP contribution is -2.18. The third-order valence-electron chi connectivity index (χ3n) is 2.30. The van der Waals surface area contributed by atoms with Gasteiger partial charge in [-0.2, -0.15) is 0 Å². The summed E-state index contributed by atoms with van der Waals surface area (Å²) < 4.78 is 1.16. The van der Waals surface area contributed by atoms with E-state index in [1.807, 2.05) is 11.8 Å². The van der Waals surface area contributed by atoms with E-state index in [0.29, 0.717) is 0 Å². The molecule has 1 N–H and O–H groups in total. The van der Waals surface area contributed by atoms with Crippen LogP contribution in [-0.2, 0) is 0 Å². The van der Waals surface area contributed by atoms with Crippen molar-refractivity contribution >= 4 is 27.7 Å². The van der Waals surface area contributed by atoms with Crippen molar-refractivity contribution in [3.63, 3.8) is 0 Å². The van der Waals surface area contributed by atoms with Crippen LogP contribution >= 0.6 is 27.7 Å². The number of rotatable bonds is 8. The van der Waals surface area contributed by atoms with Crippen molar-refractivity contribution in [3.05, 3.63) is 28.7 Å². The van der Waals surface area contributed by atoms with E-state index < -0.39 is 0 Å². The van der Waals surface area contributed by atoms with Gasteiger partial charge >= 0.3 is 0 Å². The molecule has 0 aromatic heterocycles. The Morgan fingerprint density at radius 3 is 2.88 bits per heavy atom. The molecule has 0 radical (unpaired) electrons. The molecule has 1 aromatic rings. The summed E-state index contributed by atoms with van der Waals surface area (Å²) in [7, 11) is 0. The average molecular weight is 302 g/mol. The Kier molecular flexibility index (Phi) is 7.99. The first-order valence-corrected chi connectivity index (χ1v) is 7.70. The second kappa shape index (κ2) is 9.08. The first-order chi connectivity index (χ1) is 7.83. The van der Waals surface area contributed by atoms with Gasteiger partial charge in [0, 0.05) is 21.7 Å². The van der Waals surface area contributed by atoms with E-state index >= 15 is 0 Å². The Morgan fingerprint density at radius 1 is 1.25 bits per heavy atom. The molecule has 0 aliphatic rings. The number of thioether (sulfide) groups is 1. The van der Waals surface area contributed by atoms with Crippen LogP contribution in [0.5, 0.6) is 0 Å². The van der Waals surface area contributed by atoms with Crippen molar-refractivity contribution < 1.29 is 0 Å². The highest BCUT2D eigenvalue weighted by Crippen LogP contribution is 2.21. The summed E-state index contributed by atoms with van der Waals surface area (Å²) in [6.07, 6.45) is 3.94. The van der Waals surface area contributed by atoms with Crippen molar-refractivity contribution in [1.29, 1.82) is 0 Å². The van der Waals surface area contributed by atoms with Crippen LogP contribution in [0, 0.1) is 0 Å². The molecule has 16 heavy (non-hydrogen) atoms. The Morgan fingerprint density at radius 2 is 2.12 bits per heavy atom. The third kappa shape index (κ3) is 6.56. The molecule has 1 nitrogen and oxygen atoms in total. The summed E-state index contributed by atoms with van der Waals surface area (Å²) >= 11 is 5.39. The zero-order valence-electron chi connectivity index (χ0n) is 9.84. The largest absolute Gasteiger partial charge is 0.316 e. The number of benzene rings is 1. The lowest BCUT2D eigenvalue weighted by Gasteiger charge is -2.04. The minimum atomic E-state index is 1.10. The minimum absolute atomic E-state index is 1.10. The van der Waals surface area contributed by atoms with Gasteiger partial charge in [-0.05, 0) is 31.2 Å².